The lowest BCUT2D eigenvalue weighted by atomic mass is 9.99. The topological polar surface area (TPSA) is 113 Å². The molecule has 3 heterocycles. The number of hydrogen-bond donors (Lipinski definition) is 2. The van der Waals surface area contributed by atoms with Gasteiger partial charge in [-0.25, -0.2) is 4.39 Å². The van der Waals surface area contributed by atoms with Gasteiger partial charge in [0.15, 0.2) is 0 Å². The van der Waals surface area contributed by atoms with Gasteiger partial charge in [-0.15, -0.1) is 0 Å². The number of nitrogens with zero attached hydrogens (tertiary/aromatic N) is 6. The van der Waals surface area contributed by atoms with Crippen molar-refractivity contribution in [2.75, 3.05) is 11.5 Å². The van der Waals surface area contributed by atoms with Crippen molar-refractivity contribution in [2.45, 2.75) is 52.4 Å². The number of anilines is 2. The number of nitrogens with two attached hydrogens (primary N) is 2. The molecule has 1 fully saturated rings. The molecule has 3 aromatic heterocycles. The number of aromatic nitrogens is 6. The van der Waals surface area contributed by atoms with E-state index in [2.05, 4.69) is 15.1 Å². The molecule has 5 rings (SSSR count). The van der Waals surface area contributed by atoms with Gasteiger partial charge in [-0.2, -0.15) is 24.8 Å². The van der Waals surface area contributed by atoms with E-state index >= 15 is 0 Å². The second-order valence-corrected chi connectivity index (χ2v) is 9.05. The number of nitrogen functional groups attached to an aromatic ring is 2. The summed E-state index contributed by atoms with van der Waals surface area (Å²) in [6.45, 7) is 3.86. The van der Waals surface area contributed by atoms with Crippen LogP contribution in [0.3, 0.4) is 0 Å². The molecule has 8 nitrogen and oxygen atoms in total. The molecule has 1 aliphatic carbocycles. The molecule has 0 bridgehead atoms. The van der Waals surface area contributed by atoms with E-state index in [1.54, 1.807) is 15.4 Å². The van der Waals surface area contributed by atoms with Gasteiger partial charge in [-0.1, -0.05) is 25.7 Å². The Morgan fingerprint density at radius 2 is 1.73 bits per heavy atom. The third kappa shape index (κ3) is 3.71. The van der Waals surface area contributed by atoms with Gasteiger partial charge in [-0.3, -0.25) is 4.68 Å². The zero-order valence-corrected chi connectivity index (χ0v) is 19.3. The van der Waals surface area contributed by atoms with Crippen LogP contribution in [0.1, 0.15) is 49.2 Å². The molecule has 0 spiro atoms. The largest absolute Gasteiger partial charge is 0.383 e. The predicted octanol–water partition coefficient (Wildman–Crippen LogP) is 4.26. The zero-order chi connectivity index (χ0) is 23.3. The van der Waals surface area contributed by atoms with Crippen LogP contribution >= 0.6 is 0 Å². The minimum Gasteiger partial charge on any atom is -0.383 e. The van der Waals surface area contributed by atoms with E-state index in [1.807, 2.05) is 20.9 Å². The summed E-state index contributed by atoms with van der Waals surface area (Å²) >= 11 is 0. The molecule has 0 aliphatic heterocycles. The molecule has 9 heteroatoms. The Labute approximate surface area is 191 Å². The van der Waals surface area contributed by atoms with E-state index in [-0.39, 0.29) is 23.4 Å². The summed E-state index contributed by atoms with van der Waals surface area (Å²) in [6, 6.07) is 4.66. The Kier molecular flexibility index (Phi) is 5.26. The minimum atomic E-state index is -0.290. The molecule has 4 N–H and O–H groups in total. The van der Waals surface area contributed by atoms with Crippen LogP contribution in [0.5, 0.6) is 0 Å². The maximum Gasteiger partial charge on any atom is 0.255 e. The van der Waals surface area contributed by atoms with E-state index in [9.17, 15) is 4.39 Å². The first-order chi connectivity index (χ1) is 15.8. The van der Waals surface area contributed by atoms with Crippen LogP contribution in [0.25, 0.3) is 28.0 Å². The Hall–Kier alpha value is -3.49. The van der Waals surface area contributed by atoms with Gasteiger partial charge in [0.2, 0.25) is 0 Å². The fourth-order valence-electron chi connectivity index (χ4n) is 5.10. The number of halogens is 1. The Morgan fingerprint density at radius 3 is 2.36 bits per heavy atom. The molecule has 33 heavy (non-hydrogen) atoms. The fraction of sp³-hybridized carbons (Fsp3) is 0.417. The zero-order valence-electron chi connectivity index (χ0n) is 19.3. The molecular formula is C24H29FN8. The summed E-state index contributed by atoms with van der Waals surface area (Å²) in [5, 5.41) is 10.0. The quantitative estimate of drug-likeness (QED) is 0.472. The van der Waals surface area contributed by atoms with Crippen molar-refractivity contribution in [1.29, 1.82) is 0 Å². The second-order valence-electron chi connectivity index (χ2n) is 9.05. The first kappa shape index (κ1) is 21.4. The number of fused-ring (bicyclic) bond motifs is 1. The number of rotatable bonds is 5. The molecular weight excluding hydrogens is 419 g/mol. The molecule has 0 amide bonds. The van der Waals surface area contributed by atoms with E-state index in [1.165, 1.54) is 37.8 Å². The summed E-state index contributed by atoms with van der Waals surface area (Å²) < 4.78 is 17.5. The number of hydrogen-bond acceptors (Lipinski definition) is 6. The summed E-state index contributed by atoms with van der Waals surface area (Å²) in [5.74, 6) is 1.22. The van der Waals surface area contributed by atoms with Crippen LogP contribution in [-0.4, -0.2) is 29.5 Å². The highest BCUT2D eigenvalue weighted by atomic mass is 19.1. The molecule has 1 aromatic carbocycles. The van der Waals surface area contributed by atoms with Crippen LogP contribution in [-0.2, 0) is 13.5 Å². The molecule has 0 saturated heterocycles. The monoisotopic (exact) mass is 448 g/mol. The summed E-state index contributed by atoms with van der Waals surface area (Å²) in [7, 11) is 1.87. The molecule has 0 radical (unpaired) electrons. The van der Waals surface area contributed by atoms with Crippen LogP contribution in [0.4, 0.5) is 16.0 Å². The standard InChI is InChI=1S/C24H29FN8/c1-13-20(14(2)32(3)30-13)21-22(26)28-24(29-23(21)27)33-19-11-9-16(25)12-17(19)18(31-33)10-8-15-6-4-5-7-15/h9,11-12,15H,4-8,10H2,1-3H3,(H4,26,27,28,29). The highest BCUT2D eigenvalue weighted by Crippen LogP contribution is 2.35. The van der Waals surface area contributed by atoms with Crippen molar-refractivity contribution in [3.63, 3.8) is 0 Å². The molecule has 1 aliphatic rings. The molecule has 0 unspecified atom stereocenters. The minimum absolute atomic E-state index is 0.259. The van der Waals surface area contributed by atoms with E-state index in [0.717, 1.165) is 46.4 Å². The highest BCUT2D eigenvalue weighted by Gasteiger charge is 2.23. The third-order valence-electron chi connectivity index (χ3n) is 6.88. The van der Waals surface area contributed by atoms with Crippen LogP contribution < -0.4 is 11.5 Å². The van der Waals surface area contributed by atoms with Crippen molar-refractivity contribution in [2.24, 2.45) is 13.0 Å². The van der Waals surface area contributed by atoms with E-state index < -0.39 is 0 Å². The van der Waals surface area contributed by atoms with Crippen LogP contribution in [0.15, 0.2) is 18.2 Å². The molecule has 4 aromatic rings. The normalized spacial score (nSPS) is 14.5. The Morgan fingerprint density at radius 1 is 1.03 bits per heavy atom. The van der Waals surface area contributed by atoms with Crippen molar-refractivity contribution < 1.29 is 4.39 Å². The van der Waals surface area contributed by atoms with Gasteiger partial charge in [-0.05, 0) is 50.8 Å². The van der Waals surface area contributed by atoms with Crippen LogP contribution in [0.2, 0.25) is 0 Å². The average molecular weight is 449 g/mol. The summed E-state index contributed by atoms with van der Waals surface area (Å²) in [4.78, 5) is 9.10. The SMILES string of the molecule is Cc1nn(C)c(C)c1-c1c(N)nc(-n2nc(CCC3CCCC3)c3cc(F)ccc32)nc1N. The number of benzene rings is 1. The first-order valence-electron chi connectivity index (χ1n) is 11.4. The lowest BCUT2D eigenvalue weighted by Crippen LogP contribution is -2.10. The van der Waals surface area contributed by atoms with Gasteiger partial charge in [0.25, 0.3) is 5.95 Å². The van der Waals surface area contributed by atoms with Crippen molar-refractivity contribution in [1.82, 2.24) is 29.5 Å². The second kappa shape index (κ2) is 8.13. The lowest BCUT2D eigenvalue weighted by Gasteiger charge is -2.11. The van der Waals surface area contributed by atoms with Crippen molar-refractivity contribution in [3.8, 4) is 17.1 Å². The summed E-state index contributed by atoms with van der Waals surface area (Å²) in [6.07, 6.45) is 6.95. The Bertz CT molecular complexity index is 1320. The molecule has 1 saturated carbocycles. The van der Waals surface area contributed by atoms with Gasteiger partial charge in [0, 0.05) is 23.7 Å². The summed E-state index contributed by atoms with van der Waals surface area (Å²) in [5.41, 5.74) is 17.5. The van der Waals surface area contributed by atoms with E-state index in [4.69, 9.17) is 16.6 Å². The average Bonchev–Trinajstić information content (AvgIpc) is 3.46. The Balaban J connectivity index is 1.59. The first-order valence-corrected chi connectivity index (χ1v) is 11.4. The fourth-order valence-corrected chi connectivity index (χ4v) is 5.10. The van der Waals surface area contributed by atoms with Crippen molar-refractivity contribution in [3.05, 3.63) is 41.1 Å². The smallest absolute Gasteiger partial charge is 0.255 e. The van der Waals surface area contributed by atoms with Gasteiger partial charge < -0.3 is 11.5 Å². The predicted molar refractivity (Wildman–Crippen MR) is 127 cm³/mol. The lowest BCUT2D eigenvalue weighted by molar-refractivity contribution is 0.500. The van der Waals surface area contributed by atoms with E-state index in [0.29, 0.717) is 11.5 Å². The molecule has 0 atom stereocenters. The molecule has 172 valence electrons. The van der Waals surface area contributed by atoms with Gasteiger partial charge >= 0.3 is 0 Å². The number of aryl methyl sites for hydroxylation is 3. The third-order valence-corrected chi connectivity index (χ3v) is 6.88. The maximum atomic E-state index is 14.1. The van der Waals surface area contributed by atoms with Gasteiger partial charge in [0.05, 0.1) is 22.5 Å². The van der Waals surface area contributed by atoms with Gasteiger partial charge in [0.1, 0.15) is 17.5 Å². The van der Waals surface area contributed by atoms with Crippen molar-refractivity contribution >= 4 is 22.5 Å². The maximum absolute atomic E-state index is 14.1. The van der Waals surface area contributed by atoms with Crippen LogP contribution in [0, 0.1) is 25.6 Å². The highest BCUT2D eigenvalue weighted by molar-refractivity contribution is 5.87.